The topological polar surface area (TPSA) is 46.2 Å². The zero-order valence-electron chi connectivity index (χ0n) is 8.01. The number of rotatable bonds is 3. The molecule has 15 heavy (non-hydrogen) atoms. The van der Waals surface area contributed by atoms with Crippen molar-refractivity contribution >= 4 is 29.0 Å². The monoisotopic (exact) mass is 229 g/mol. The highest BCUT2D eigenvalue weighted by molar-refractivity contribution is 6.30. The van der Waals surface area contributed by atoms with E-state index in [9.17, 15) is 14.0 Å². The van der Waals surface area contributed by atoms with Gasteiger partial charge in [-0.15, -0.1) is 11.6 Å². The molecule has 0 aromatic heterocycles. The summed E-state index contributed by atoms with van der Waals surface area (Å²) in [6, 6.07) is 3.83. The van der Waals surface area contributed by atoms with Crippen LogP contribution in [0.1, 0.15) is 17.3 Å². The fourth-order valence-electron chi connectivity index (χ4n) is 1.09. The fraction of sp³-hybridized carbons (Fsp3) is 0.200. The van der Waals surface area contributed by atoms with Gasteiger partial charge in [-0.05, 0) is 18.2 Å². The highest BCUT2D eigenvalue weighted by atomic mass is 35.5. The first-order valence-electron chi connectivity index (χ1n) is 4.21. The molecule has 1 N–H and O–H groups in total. The maximum Gasteiger partial charge on any atom is 0.221 e. The van der Waals surface area contributed by atoms with Gasteiger partial charge in [0.05, 0.1) is 11.4 Å². The van der Waals surface area contributed by atoms with E-state index in [0.29, 0.717) is 5.69 Å². The maximum atomic E-state index is 13.3. The Hall–Kier alpha value is -1.42. The Kier molecular flexibility index (Phi) is 3.80. The molecule has 3 nitrogen and oxygen atoms in total. The lowest BCUT2D eigenvalue weighted by atomic mass is 10.1. The second kappa shape index (κ2) is 4.89. The van der Waals surface area contributed by atoms with E-state index in [1.807, 2.05) is 0 Å². The summed E-state index contributed by atoms with van der Waals surface area (Å²) in [5, 5.41) is 2.41. The SMILES string of the molecule is CC(=O)Nc1ccc(C(=O)CCl)c(F)c1. The molecular formula is C10H9ClFNO2. The Balaban J connectivity index is 2.97. The highest BCUT2D eigenvalue weighted by Crippen LogP contribution is 2.15. The number of benzene rings is 1. The Bertz CT molecular complexity index is 406. The summed E-state index contributed by atoms with van der Waals surface area (Å²) >= 11 is 5.30. The maximum absolute atomic E-state index is 13.3. The lowest BCUT2D eigenvalue weighted by Gasteiger charge is -2.04. The number of amides is 1. The lowest BCUT2D eigenvalue weighted by molar-refractivity contribution is -0.114. The molecule has 80 valence electrons. The van der Waals surface area contributed by atoms with Crippen LogP contribution in [0.5, 0.6) is 0 Å². The van der Waals surface area contributed by atoms with Gasteiger partial charge < -0.3 is 5.32 Å². The number of alkyl halides is 1. The van der Waals surface area contributed by atoms with Crippen molar-refractivity contribution in [2.45, 2.75) is 6.92 Å². The molecule has 1 rings (SSSR count). The van der Waals surface area contributed by atoms with Crippen LogP contribution in [0.15, 0.2) is 18.2 Å². The predicted molar refractivity (Wildman–Crippen MR) is 55.8 cm³/mol. The van der Waals surface area contributed by atoms with Crippen molar-refractivity contribution < 1.29 is 14.0 Å². The Morgan fingerprint density at radius 3 is 2.60 bits per heavy atom. The fourth-order valence-corrected chi connectivity index (χ4v) is 1.24. The smallest absolute Gasteiger partial charge is 0.221 e. The van der Waals surface area contributed by atoms with Gasteiger partial charge in [0.1, 0.15) is 5.82 Å². The summed E-state index contributed by atoms with van der Waals surface area (Å²) in [5.74, 6) is -1.74. The molecule has 0 aliphatic carbocycles. The Morgan fingerprint density at radius 1 is 1.47 bits per heavy atom. The summed E-state index contributed by atoms with van der Waals surface area (Å²) in [6.07, 6.45) is 0. The van der Waals surface area contributed by atoms with Crippen molar-refractivity contribution in [1.82, 2.24) is 0 Å². The minimum absolute atomic E-state index is 0.0703. The van der Waals surface area contributed by atoms with Gasteiger partial charge in [-0.3, -0.25) is 9.59 Å². The number of hydrogen-bond acceptors (Lipinski definition) is 2. The normalized spacial score (nSPS) is 9.80. The van der Waals surface area contributed by atoms with Gasteiger partial charge in [-0.2, -0.15) is 0 Å². The molecule has 1 aromatic carbocycles. The van der Waals surface area contributed by atoms with Crippen LogP contribution < -0.4 is 5.32 Å². The van der Waals surface area contributed by atoms with Crippen molar-refractivity contribution in [2.75, 3.05) is 11.2 Å². The number of ketones is 1. The molecule has 0 aliphatic heterocycles. The van der Waals surface area contributed by atoms with Gasteiger partial charge in [0, 0.05) is 12.6 Å². The van der Waals surface area contributed by atoms with Gasteiger partial charge in [0.2, 0.25) is 5.91 Å². The molecule has 0 radical (unpaired) electrons. The van der Waals surface area contributed by atoms with E-state index < -0.39 is 11.6 Å². The van der Waals surface area contributed by atoms with Crippen molar-refractivity contribution in [3.63, 3.8) is 0 Å². The molecule has 0 spiro atoms. The zero-order chi connectivity index (χ0) is 11.4. The van der Waals surface area contributed by atoms with Gasteiger partial charge in [0.25, 0.3) is 0 Å². The number of Topliss-reactive ketones (excluding diaryl/α,β-unsaturated/α-hetero) is 1. The van der Waals surface area contributed by atoms with E-state index in [4.69, 9.17) is 11.6 Å². The van der Waals surface area contributed by atoms with E-state index in [1.54, 1.807) is 0 Å². The molecule has 1 amide bonds. The van der Waals surface area contributed by atoms with Crippen LogP contribution in [-0.4, -0.2) is 17.6 Å². The molecule has 0 aliphatic rings. The van der Waals surface area contributed by atoms with Crippen molar-refractivity contribution in [1.29, 1.82) is 0 Å². The summed E-state index contributed by atoms with van der Waals surface area (Å²) in [5.41, 5.74) is 0.241. The van der Waals surface area contributed by atoms with E-state index >= 15 is 0 Å². The molecule has 0 bridgehead atoms. The quantitative estimate of drug-likeness (QED) is 0.638. The number of anilines is 1. The van der Waals surface area contributed by atoms with Crippen LogP contribution >= 0.6 is 11.6 Å². The van der Waals surface area contributed by atoms with Gasteiger partial charge in [-0.1, -0.05) is 0 Å². The first-order chi connectivity index (χ1) is 7.04. The minimum atomic E-state index is -0.688. The molecule has 0 fully saturated rings. The van der Waals surface area contributed by atoms with E-state index in [-0.39, 0.29) is 17.4 Å². The highest BCUT2D eigenvalue weighted by Gasteiger charge is 2.11. The lowest BCUT2D eigenvalue weighted by Crippen LogP contribution is -2.08. The molecule has 0 saturated carbocycles. The summed E-state index contributed by atoms with van der Waals surface area (Å²) in [6.45, 7) is 1.32. The summed E-state index contributed by atoms with van der Waals surface area (Å²) in [7, 11) is 0. The molecular weight excluding hydrogens is 221 g/mol. The molecule has 1 aromatic rings. The van der Waals surface area contributed by atoms with Crippen LogP contribution in [0.3, 0.4) is 0 Å². The van der Waals surface area contributed by atoms with Crippen LogP contribution in [0, 0.1) is 5.82 Å². The van der Waals surface area contributed by atoms with Crippen LogP contribution in [0.25, 0.3) is 0 Å². The second-order valence-electron chi connectivity index (χ2n) is 2.93. The molecule has 0 unspecified atom stereocenters. The van der Waals surface area contributed by atoms with Gasteiger partial charge in [-0.25, -0.2) is 4.39 Å². The molecule has 5 heteroatoms. The number of carbonyl (C=O) groups is 2. The molecule has 0 atom stereocenters. The first kappa shape index (κ1) is 11.7. The predicted octanol–water partition coefficient (Wildman–Crippen LogP) is 2.21. The first-order valence-corrected chi connectivity index (χ1v) is 4.74. The molecule has 0 heterocycles. The van der Waals surface area contributed by atoms with Crippen molar-refractivity contribution in [2.24, 2.45) is 0 Å². The van der Waals surface area contributed by atoms with E-state index in [1.165, 1.54) is 19.1 Å². The number of halogens is 2. The number of carbonyl (C=O) groups excluding carboxylic acids is 2. The Labute approximate surface area is 91.2 Å². The van der Waals surface area contributed by atoms with E-state index in [2.05, 4.69) is 5.32 Å². The van der Waals surface area contributed by atoms with Crippen LogP contribution in [0.2, 0.25) is 0 Å². The third-order valence-corrected chi connectivity index (χ3v) is 1.95. The average molecular weight is 230 g/mol. The second-order valence-corrected chi connectivity index (χ2v) is 3.20. The average Bonchev–Trinajstić information content (AvgIpc) is 2.16. The van der Waals surface area contributed by atoms with Gasteiger partial charge in [0.15, 0.2) is 5.78 Å². The third kappa shape index (κ3) is 3.02. The minimum Gasteiger partial charge on any atom is -0.326 e. The van der Waals surface area contributed by atoms with Crippen LogP contribution in [-0.2, 0) is 4.79 Å². The van der Waals surface area contributed by atoms with E-state index in [0.717, 1.165) is 6.07 Å². The van der Waals surface area contributed by atoms with Crippen LogP contribution in [0.4, 0.5) is 10.1 Å². The molecule has 0 saturated heterocycles. The summed E-state index contributed by atoms with van der Waals surface area (Å²) in [4.78, 5) is 21.8. The number of hydrogen-bond donors (Lipinski definition) is 1. The van der Waals surface area contributed by atoms with Gasteiger partial charge >= 0.3 is 0 Å². The number of nitrogens with one attached hydrogen (secondary N) is 1. The largest absolute Gasteiger partial charge is 0.326 e. The van der Waals surface area contributed by atoms with Crippen molar-refractivity contribution in [3.05, 3.63) is 29.6 Å². The summed E-state index contributed by atoms with van der Waals surface area (Å²) < 4.78 is 13.3. The Morgan fingerprint density at radius 2 is 2.13 bits per heavy atom. The third-order valence-electron chi connectivity index (χ3n) is 1.71. The zero-order valence-corrected chi connectivity index (χ0v) is 8.77. The van der Waals surface area contributed by atoms with Crippen molar-refractivity contribution in [3.8, 4) is 0 Å². The standard InChI is InChI=1S/C10H9ClFNO2/c1-6(14)13-7-2-3-8(9(12)4-7)10(15)5-11/h2-4H,5H2,1H3,(H,13,14).